The van der Waals surface area contributed by atoms with Crippen molar-refractivity contribution in [3.05, 3.63) is 66.2 Å². The van der Waals surface area contributed by atoms with Crippen molar-refractivity contribution in [2.75, 3.05) is 4.72 Å². The van der Waals surface area contributed by atoms with Crippen LogP contribution in [0.25, 0.3) is 10.8 Å². The molecule has 0 aromatic heterocycles. The number of rotatable bonds is 3. The van der Waals surface area contributed by atoms with Gasteiger partial charge in [0.1, 0.15) is 10.6 Å². The maximum Gasteiger partial charge on any atom is 0.265 e. The third-order valence-corrected chi connectivity index (χ3v) is 4.90. The van der Waals surface area contributed by atoms with Gasteiger partial charge in [0.05, 0.1) is 0 Å². The van der Waals surface area contributed by atoms with Gasteiger partial charge in [0, 0.05) is 11.1 Å². The van der Waals surface area contributed by atoms with E-state index < -0.39 is 10.0 Å². The Labute approximate surface area is 129 Å². The lowest BCUT2D eigenvalue weighted by Crippen LogP contribution is -2.13. The lowest BCUT2D eigenvalue weighted by molar-refractivity contribution is 0.465. The molecular formula is C17H15NO3S. The first-order valence-electron chi connectivity index (χ1n) is 6.78. The van der Waals surface area contributed by atoms with E-state index in [0.29, 0.717) is 11.1 Å². The van der Waals surface area contributed by atoms with Crippen LogP contribution in [-0.4, -0.2) is 13.5 Å². The van der Waals surface area contributed by atoms with Gasteiger partial charge < -0.3 is 5.11 Å². The maximum absolute atomic E-state index is 12.5. The summed E-state index contributed by atoms with van der Waals surface area (Å²) in [6, 6.07) is 17.3. The van der Waals surface area contributed by atoms with Crippen LogP contribution in [0.4, 0.5) is 5.69 Å². The summed E-state index contributed by atoms with van der Waals surface area (Å²) in [7, 11) is -3.86. The minimum atomic E-state index is -3.86. The molecule has 0 amide bonds. The number of hydrogen-bond donors (Lipinski definition) is 2. The van der Waals surface area contributed by atoms with Crippen molar-refractivity contribution in [3.8, 4) is 5.75 Å². The zero-order valence-electron chi connectivity index (χ0n) is 11.9. The first-order valence-corrected chi connectivity index (χ1v) is 8.26. The molecule has 0 saturated heterocycles. The number of para-hydroxylation sites is 1. The zero-order chi connectivity index (χ0) is 15.7. The average Bonchev–Trinajstić information content (AvgIpc) is 2.51. The Morgan fingerprint density at radius 2 is 1.50 bits per heavy atom. The van der Waals surface area contributed by atoms with E-state index in [1.807, 2.05) is 19.1 Å². The van der Waals surface area contributed by atoms with Crippen LogP contribution in [0.3, 0.4) is 0 Å². The van der Waals surface area contributed by atoms with Gasteiger partial charge in [-0.25, -0.2) is 8.42 Å². The molecule has 0 aliphatic heterocycles. The quantitative estimate of drug-likeness (QED) is 0.775. The summed E-state index contributed by atoms with van der Waals surface area (Å²) in [6.07, 6.45) is 0. The predicted molar refractivity (Wildman–Crippen MR) is 87.6 cm³/mol. The number of fused-ring (bicyclic) bond motifs is 1. The summed E-state index contributed by atoms with van der Waals surface area (Å²) in [4.78, 5) is -0.118. The SMILES string of the molecule is Cc1cc(S(=O)(=O)Nc2ccccc2)c(O)c2ccccc12. The molecule has 0 atom stereocenters. The van der Waals surface area contributed by atoms with Gasteiger partial charge in [-0.3, -0.25) is 4.72 Å². The number of phenolic OH excluding ortho intramolecular Hbond substituents is 1. The smallest absolute Gasteiger partial charge is 0.265 e. The van der Waals surface area contributed by atoms with Gasteiger partial charge in [0.15, 0.2) is 0 Å². The van der Waals surface area contributed by atoms with Crippen molar-refractivity contribution in [1.82, 2.24) is 0 Å². The zero-order valence-corrected chi connectivity index (χ0v) is 12.8. The first-order chi connectivity index (χ1) is 10.5. The molecule has 0 heterocycles. The van der Waals surface area contributed by atoms with Gasteiger partial charge in [0.25, 0.3) is 10.0 Å². The fraction of sp³-hybridized carbons (Fsp3) is 0.0588. The summed E-state index contributed by atoms with van der Waals surface area (Å²) < 4.78 is 27.6. The van der Waals surface area contributed by atoms with E-state index >= 15 is 0 Å². The number of aryl methyl sites for hydroxylation is 1. The van der Waals surface area contributed by atoms with Gasteiger partial charge in [-0.05, 0) is 36.1 Å². The minimum absolute atomic E-state index is 0.118. The second kappa shape index (κ2) is 5.35. The monoisotopic (exact) mass is 313 g/mol. The number of aromatic hydroxyl groups is 1. The number of anilines is 1. The molecule has 0 spiro atoms. The molecule has 0 radical (unpaired) electrons. The molecule has 5 heteroatoms. The van der Waals surface area contributed by atoms with E-state index in [1.165, 1.54) is 6.07 Å². The standard InChI is InChI=1S/C17H15NO3S/c1-12-11-16(17(19)15-10-6-5-9-14(12)15)22(20,21)18-13-7-3-2-4-8-13/h2-11,18-19H,1H3. The van der Waals surface area contributed by atoms with Crippen LogP contribution in [0.5, 0.6) is 5.75 Å². The van der Waals surface area contributed by atoms with E-state index in [4.69, 9.17) is 0 Å². The predicted octanol–water partition coefficient (Wildman–Crippen LogP) is 3.65. The Morgan fingerprint density at radius 3 is 2.18 bits per heavy atom. The van der Waals surface area contributed by atoms with Crippen molar-refractivity contribution >= 4 is 26.5 Å². The topological polar surface area (TPSA) is 66.4 Å². The highest BCUT2D eigenvalue weighted by atomic mass is 32.2. The highest BCUT2D eigenvalue weighted by Gasteiger charge is 2.21. The lowest BCUT2D eigenvalue weighted by atomic mass is 10.0. The van der Waals surface area contributed by atoms with Gasteiger partial charge in [-0.15, -0.1) is 0 Å². The number of phenols is 1. The Bertz CT molecular complexity index is 935. The molecule has 3 aromatic carbocycles. The number of sulfonamides is 1. The first kappa shape index (κ1) is 14.4. The average molecular weight is 313 g/mol. The molecule has 4 nitrogen and oxygen atoms in total. The molecular weight excluding hydrogens is 298 g/mol. The van der Waals surface area contributed by atoms with Crippen LogP contribution in [0.15, 0.2) is 65.6 Å². The molecule has 3 aromatic rings. The van der Waals surface area contributed by atoms with Crippen LogP contribution in [0.2, 0.25) is 0 Å². The summed E-state index contributed by atoms with van der Waals surface area (Å²) >= 11 is 0. The van der Waals surface area contributed by atoms with E-state index in [-0.39, 0.29) is 10.6 Å². The van der Waals surface area contributed by atoms with Gasteiger partial charge in [-0.2, -0.15) is 0 Å². The van der Waals surface area contributed by atoms with Gasteiger partial charge >= 0.3 is 0 Å². The van der Waals surface area contributed by atoms with Crippen molar-refractivity contribution in [2.45, 2.75) is 11.8 Å². The third-order valence-electron chi connectivity index (χ3n) is 3.50. The largest absolute Gasteiger partial charge is 0.506 e. The van der Waals surface area contributed by atoms with Crippen LogP contribution >= 0.6 is 0 Å². The van der Waals surface area contributed by atoms with Crippen LogP contribution < -0.4 is 4.72 Å². The lowest BCUT2D eigenvalue weighted by Gasteiger charge is -2.13. The highest BCUT2D eigenvalue weighted by Crippen LogP contribution is 2.34. The molecule has 22 heavy (non-hydrogen) atoms. The molecule has 3 rings (SSSR count). The summed E-state index contributed by atoms with van der Waals surface area (Å²) in [6.45, 7) is 1.82. The molecule has 0 unspecified atom stereocenters. The number of benzene rings is 3. The summed E-state index contributed by atoms with van der Waals surface area (Å²) in [5.41, 5.74) is 1.24. The van der Waals surface area contributed by atoms with Crippen molar-refractivity contribution in [2.24, 2.45) is 0 Å². The highest BCUT2D eigenvalue weighted by molar-refractivity contribution is 7.92. The van der Waals surface area contributed by atoms with Gasteiger partial charge in [-0.1, -0.05) is 42.5 Å². The van der Waals surface area contributed by atoms with Crippen molar-refractivity contribution < 1.29 is 13.5 Å². The third kappa shape index (κ3) is 2.51. The minimum Gasteiger partial charge on any atom is -0.506 e. The van der Waals surface area contributed by atoms with E-state index in [2.05, 4.69) is 4.72 Å². The Kier molecular flexibility index (Phi) is 3.50. The fourth-order valence-electron chi connectivity index (χ4n) is 2.43. The molecule has 112 valence electrons. The number of nitrogens with one attached hydrogen (secondary N) is 1. The van der Waals surface area contributed by atoms with E-state index in [9.17, 15) is 13.5 Å². The van der Waals surface area contributed by atoms with E-state index in [1.54, 1.807) is 42.5 Å². The maximum atomic E-state index is 12.5. The Balaban J connectivity index is 2.15. The molecule has 0 aliphatic carbocycles. The van der Waals surface area contributed by atoms with Gasteiger partial charge in [0.2, 0.25) is 0 Å². The molecule has 2 N–H and O–H groups in total. The summed E-state index contributed by atoms with van der Waals surface area (Å²) in [5, 5.41) is 11.7. The fourth-order valence-corrected chi connectivity index (χ4v) is 3.68. The normalized spacial score (nSPS) is 11.5. The molecule has 0 saturated carbocycles. The summed E-state index contributed by atoms with van der Waals surface area (Å²) in [5.74, 6) is -0.232. The van der Waals surface area contributed by atoms with Crippen molar-refractivity contribution in [1.29, 1.82) is 0 Å². The molecule has 0 bridgehead atoms. The molecule has 0 fully saturated rings. The Morgan fingerprint density at radius 1 is 0.909 bits per heavy atom. The number of hydrogen-bond acceptors (Lipinski definition) is 3. The van der Waals surface area contributed by atoms with E-state index in [0.717, 1.165) is 10.9 Å². The Hall–Kier alpha value is -2.53. The van der Waals surface area contributed by atoms with Crippen LogP contribution in [-0.2, 0) is 10.0 Å². The van der Waals surface area contributed by atoms with Crippen LogP contribution in [0, 0.1) is 6.92 Å². The second-order valence-corrected chi connectivity index (χ2v) is 6.71. The van der Waals surface area contributed by atoms with Crippen molar-refractivity contribution in [3.63, 3.8) is 0 Å². The van der Waals surface area contributed by atoms with Crippen LogP contribution in [0.1, 0.15) is 5.56 Å². The second-order valence-electron chi connectivity index (χ2n) is 5.06. The molecule has 0 aliphatic rings.